The maximum Gasteiger partial charge on any atom is 0.234 e. The summed E-state index contributed by atoms with van der Waals surface area (Å²) in [4.78, 5) is 16.4. The number of carbonyl (C=O) groups excluding carboxylic acids is 1. The first-order valence-electron chi connectivity index (χ1n) is 9.88. The predicted molar refractivity (Wildman–Crippen MR) is 120 cm³/mol. The van der Waals surface area contributed by atoms with E-state index >= 15 is 0 Å². The molecule has 1 N–H and O–H groups in total. The molecule has 0 aliphatic carbocycles. The smallest absolute Gasteiger partial charge is 0.234 e. The van der Waals surface area contributed by atoms with Gasteiger partial charge in [-0.25, -0.2) is 8.78 Å². The molecule has 2 aromatic heterocycles. The fraction of sp³-hybridized carbons (Fsp3) is 0.130. The van der Waals surface area contributed by atoms with E-state index in [9.17, 15) is 13.6 Å². The van der Waals surface area contributed by atoms with Crippen molar-refractivity contribution in [2.75, 3.05) is 11.1 Å². The van der Waals surface area contributed by atoms with E-state index < -0.39 is 17.5 Å². The Morgan fingerprint density at radius 1 is 1.03 bits per heavy atom. The van der Waals surface area contributed by atoms with Crippen LogP contribution in [0.4, 0.5) is 14.5 Å². The van der Waals surface area contributed by atoms with E-state index in [1.807, 2.05) is 41.0 Å². The van der Waals surface area contributed by atoms with E-state index in [0.717, 1.165) is 47.6 Å². The second-order valence-electron chi connectivity index (χ2n) is 6.86. The van der Waals surface area contributed by atoms with Crippen molar-refractivity contribution in [2.24, 2.45) is 0 Å². The van der Waals surface area contributed by atoms with Crippen LogP contribution in [0.15, 0.2) is 72.1 Å². The van der Waals surface area contributed by atoms with Gasteiger partial charge in [0.15, 0.2) is 11.0 Å². The van der Waals surface area contributed by atoms with Gasteiger partial charge in [0, 0.05) is 29.7 Å². The van der Waals surface area contributed by atoms with Gasteiger partial charge in [0.25, 0.3) is 0 Å². The lowest BCUT2D eigenvalue weighted by molar-refractivity contribution is -0.113. The number of aryl methyl sites for hydroxylation is 1. The summed E-state index contributed by atoms with van der Waals surface area (Å²) in [6.45, 7) is 2.08. The molecule has 0 saturated carbocycles. The van der Waals surface area contributed by atoms with Crippen LogP contribution in [0, 0.1) is 11.6 Å². The van der Waals surface area contributed by atoms with Crippen LogP contribution in [0.3, 0.4) is 0 Å². The van der Waals surface area contributed by atoms with Crippen molar-refractivity contribution in [1.29, 1.82) is 0 Å². The number of amides is 1. The summed E-state index contributed by atoms with van der Waals surface area (Å²) < 4.78 is 29.0. The minimum absolute atomic E-state index is 0.0581. The lowest BCUT2D eigenvalue weighted by Crippen LogP contribution is -2.15. The number of nitrogens with one attached hydrogen (secondary N) is 1. The van der Waals surface area contributed by atoms with Crippen LogP contribution < -0.4 is 5.32 Å². The van der Waals surface area contributed by atoms with Gasteiger partial charge in [-0.15, -0.1) is 10.2 Å². The monoisotopic (exact) mass is 451 g/mol. The first-order chi connectivity index (χ1) is 15.5. The molecule has 4 aromatic rings. The van der Waals surface area contributed by atoms with Gasteiger partial charge in [-0.1, -0.05) is 30.8 Å². The highest BCUT2D eigenvalue weighted by molar-refractivity contribution is 7.99. The molecule has 162 valence electrons. The first kappa shape index (κ1) is 21.6. The normalized spacial score (nSPS) is 10.8. The van der Waals surface area contributed by atoms with Gasteiger partial charge in [-0.05, 0) is 48.4 Å². The number of hydrogen-bond donors (Lipinski definition) is 1. The Hall–Kier alpha value is -3.59. The molecule has 2 heterocycles. The molecule has 0 atom stereocenters. The summed E-state index contributed by atoms with van der Waals surface area (Å²) in [5, 5.41) is 11.5. The Morgan fingerprint density at radius 2 is 1.78 bits per heavy atom. The van der Waals surface area contributed by atoms with Crippen molar-refractivity contribution in [3.63, 3.8) is 0 Å². The molecule has 2 aromatic carbocycles. The summed E-state index contributed by atoms with van der Waals surface area (Å²) in [7, 11) is 0. The van der Waals surface area contributed by atoms with Gasteiger partial charge >= 0.3 is 0 Å². The Labute approximate surface area is 187 Å². The Morgan fingerprint density at radius 3 is 2.50 bits per heavy atom. The maximum absolute atomic E-state index is 13.8. The third-order valence-corrected chi connectivity index (χ3v) is 5.64. The van der Waals surface area contributed by atoms with E-state index in [4.69, 9.17) is 0 Å². The number of hydrogen-bond acceptors (Lipinski definition) is 5. The molecule has 0 aliphatic heterocycles. The fourth-order valence-corrected chi connectivity index (χ4v) is 3.83. The molecular formula is C23H19F2N5OS. The average molecular weight is 452 g/mol. The zero-order chi connectivity index (χ0) is 22.5. The molecule has 0 fully saturated rings. The quantitative estimate of drug-likeness (QED) is 0.405. The number of nitrogens with zero attached hydrogens (tertiary/aromatic N) is 4. The predicted octanol–water partition coefficient (Wildman–Crippen LogP) is 4.90. The third kappa shape index (κ3) is 4.83. The van der Waals surface area contributed by atoms with Crippen LogP contribution >= 0.6 is 11.8 Å². The molecule has 0 saturated heterocycles. The highest BCUT2D eigenvalue weighted by atomic mass is 32.2. The Bertz CT molecular complexity index is 1230. The molecule has 0 unspecified atom stereocenters. The minimum Gasteiger partial charge on any atom is -0.323 e. The lowest BCUT2D eigenvalue weighted by Gasteiger charge is -2.11. The molecule has 0 radical (unpaired) electrons. The molecule has 9 heteroatoms. The summed E-state index contributed by atoms with van der Waals surface area (Å²) in [6, 6.07) is 14.6. The number of pyridine rings is 1. The van der Waals surface area contributed by atoms with Gasteiger partial charge in [0.2, 0.25) is 5.91 Å². The molecular weight excluding hydrogens is 432 g/mol. The number of thioether (sulfide) groups is 1. The second-order valence-corrected chi connectivity index (χ2v) is 7.80. The standard InChI is InChI=1S/C23H19F2N5OS/c1-2-15-3-6-18(7-4-15)30-22(16-9-11-26-12-10-16)28-29-23(30)32-14-21(31)27-20-13-17(24)5-8-19(20)25/h3-13H,2,14H2,1H3,(H,27,31). The van der Waals surface area contributed by atoms with Gasteiger partial charge in [0.1, 0.15) is 11.6 Å². The third-order valence-electron chi connectivity index (χ3n) is 4.71. The average Bonchev–Trinajstić information content (AvgIpc) is 3.25. The van der Waals surface area contributed by atoms with E-state index in [2.05, 4.69) is 27.4 Å². The fourth-order valence-electron chi connectivity index (χ4n) is 3.07. The van der Waals surface area contributed by atoms with Crippen molar-refractivity contribution >= 4 is 23.4 Å². The second kappa shape index (κ2) is 9.69. The zero-order valence-electron chi connectivity index (χ0n) is 17.1. The maximum atomic E-state index is 13.8. The molecule has 32 heavy (non-hydrogen) atoms. The molecule has 6 nitrogen and oxygen atoms in total. The SMILES string of the molecule is CCc1ccc(-n2c(SCC(=O)Nc3cc(F)ccc3F)nnc2-c2ccncc2)cc1. The summed E-state index contributed by atoms with van der Waals surface area (Å²) >= 11 is 1.15. The largest absolute Gasteiger partial charge is 0.323 e. The van der Waals surface area contributed by atoms with Crippen LogP contribution in [0.1, 0.15) is 12.5 Å². The van der Waals surface area contributed by atoms with Crippen LogP contribution in [0.5, 0.6) is 0 Å². The zero-order valence-corrected chi connectivity index (χ0v) is 17.9. The van der Waals surface area contributed by atoms with Crippen molar-refractivity contribution in [3.8, 4) is 17.1 Å². The van der Waals surface area contributed by atoms with E-state index in [1.165, 1.54) is 5.56 Å². The summed E-state index contributed by atoms with van der Waals surface area (Å²) in [6.07, 6.45) is 4.25. The number of carbonyl (C=O) groups is 1. The van der Waals surface area contributed by atoms with Crippen LogP contribution in [0.2, 0.25) is 0 Å². The summed E-state index contributed by atoms with van der Waals surface area (Å²) in [5.74, 6) is -1.27. The number of aromatic nitrogens is 4. The van der Waals surface area contributed by atoms with Gasteiger partial charge in [-0.2, -0.15) is 0 Å². The molecule has 0 bridgehead atoms. The van der Waals surface area contributed by atoms with Crippen molar-refractivity contribution in [3.05, 3.63) is 84.2 Å². The minimum atomic E-state index is -0.705. The number of rotatable bonds is 7. The molecule has 4 rings (SSSR count). The number of halogens is 2. The lowest BCUT2D eigenvalue weighted by atomic mass is 10.1. The molecule has 0 aliphatic rings. The Balaban J connectivity index is 1.60. The van der Waals surface area contributed by atoms with E-state index in [1.54, 1.807) is 12.4 Å². The number of anilines is 1. The van der Waals surface area contributed by atoms with Gasteiger partial charge < -0.3 is 5.32 Å². The van der Waals surface area contributed by atoms with E-state index in [0.29, 0.717) is 11.0 Å². The van der Waals surface area contributed by atoms with Crippen LogP contribution in [-0.4, -0.2) is 31.4 Å². The van der Waals surface area contributed by atoms with E-state index in [-0.39, 0.29) is 11.4 Å². The number of benzene rings is 2. The van der Waals surface area contributed by atoms with Gasteiger partial charge in [0.05, 0.1) is 11.4 Å². The van der Waals surface area contributed by atoms with Gasteiger partial charge in [-0.3, -0.25) is 14.3 Å². The van der Waals surface area contributed by atoms with Crippen LogP contribution in [0.25, 0.3) is 17.1 Å². The first-order valence-corrected chi connectivity index (χ1v) is 10.9. The van der Waals surface area contributed by atoms with Crippen molar-refractivity contribution in [2.45, 2.75) is 18.5 Å². The molecule has 0 spiro atoms. The molecule has 1 amide bonds. The highest BCUT2D eigenvalue weighted by Crippen LogP contribution is 2.28. The summed E-state index contributed by atoms with van der Waals surface area (Å²) in [5.41, 5.74) is 2.66. The topological polar surface area (TPSA) is 72.7 Å². The van der Waals surface area contributed by atoms with Crippen molar-refractivity contribution < 1.29 is 13.6 Å². The Kier molecular flexibility index (Phi) is 6.55. The van der Waals surface area contributed by atoms with Crippen LogP contribution in [-0.2, 0) is 11.2 Å². The van der Waals surface area contributed by atoms with Crippen molar-refractivity contribution in [1.82, 2.24) is 19.7 Å². The highest BCUT2D eigenvalue weighted by Gasteiger charge is 2.18.